The van der Waals surface area contributed by atoms with E-state index in [1.165, 1.54) is 29.2 Å². The van der Waals surface area contributed by atoms with Gasteiger partial charge in [0.25, 0.3) is 5.56 Å². The third-order valence-corrected chi connectivity index (χ3v) is 8.62. The van der Waals surface area contributed by atoms with E-state index in [1.807, 2.05) is 11.8 Å². The molecule has 0 radical (unpaired) electrons. The van der Waals surface area contributed by atoms with Gasteiger partial charge in [-0.3, -0.25) is 14.2 Å². The predicted molar refractivity (Wildman–Crippen MR) is 126 cm³/mol. The highest BCUT2D eigenvalue weighted by Crippen LogP contribution is 2.36. The molecule has 2 aliphatic heterocycles. The van der Waals surface area contributed by atoms with Gasteiger partial charge >= 0.3 is 0 Å². The Labute approximate surface area is 199 Å². The van der Waals surface area contributed by atoms with Crippen molar-refractivity contribution in [3.63, 3.8) is 0 Å². The van der Waals surface area contributed by atoms with E-state index in [0.29, 0.717) is 40.1 Å². The first-order valence-corrected chi connectivity index (χ1v) is 12.8. The van der Waals surface area contributed by atoms with Crippen LogP contribution in [0, 0.1) is 19.7 Å². The zero-order chi connectivity index (χ0) is 23.1. The van der Waals surface area contributed by atoms with Crippen molar-refractivity contribution < 1.29 is 9.18 Å². The highest BCUT2D eigenvalue weighted by Gasteiger charge is 2.32. The van der Waals surface area contributed by atoms with Gasteiger partial charge in [-0.2, -0.15) is 0 Å². The van der Waals surface area contributed by atoms with Crippen LogP contribution in [0.4, 0.5) is 4.39 Å². The van der Waals surface area contributed by atoms with Crippen molar-refractivity contribution in [3.8, 4) is 10.6 Å². The van der Waals surface area contributed by atoms with Gasteiger partial charge < -0.3 is 4.90 Å². The average molecular weight is 486 g/mol. The standard InChI is InChI=1S/C23H24FN5O2S2/c1-13-14(2)25-23-29(22(13)31)16(12-32-23)10-19(30)28-9-5-6-15(11-28)20-26-27-21(33-20)17-7-3-4-8-18(17)24/h3-4,7-8,15-16H,5-6,9-12H2,1-2H3/t15-,16+/m0/s1. The molecule has 7 nitrogen and oxygen atoms in total. The van der Waals surface area contributed by atoms with Crippen LogP contribution < -0.4 is 5.56 Å². The molecule has 2 atom stereocenters. The Bertz CT molecular complexity index is 1270. The van der Waals surface area contributed by atoms with Crippen LogP contribution in [-0.2, 0) is 4.79 Å². The van der Waals surface area contributed by atoms with Crippen LogP contribution in [0.25, 0.3) is 10.6 Å². The fourth-order valence-electron chi connectivity index (χ4n) is 4.40. The molecule has 2 aromatic heterocycles. The second-order valence-electron chi connectivity index (χ2n) is 8.55. The summed E-state index contributed by atoms with van der Waals surface area (Å²) in [6.07, 6.45) is 2.08. The predicted octanol–water partition coefficient (Wildman–Crippen LogP) is 3.96. The summed E-state index contributed by atoms with van der Waals surface area (Å²) in [5.41, 5.74) is 1.79. The van der Waals surface area contributed by atoms with Crippen LogP contribution in [-0.4, -0.2) is 49.4 Å². The Kier molecular flexibility index (Phi) is 6.05. The maximum absolute atomic E-state index is 14.1. The van der Waals surface area contributed by atoms with Gasteiger partial charge in [-0.1, -0.05) is 35.2 Å². The first kappa shape index (κ1) is 22.2. The van der Waals surface area contributed by atoms with Gasteiger partial charge in [0, 0.05) is 48.0 Å². The van der Waals surface area contributed by atoms with Gasteiger partial charge in [0.1, 0.15) is 10.8 Å². The number of aromatic nitrogens is 4. The fourth-order valence-corrected chi connectivity index (χ4v) is 6.58. The molecule has 1 amide bonds. The number of piperidine rings is 1. The number of likely N-dealkylation sites (tertiary alicyclic amines) is 1. The van der Waals surface area contributed by atoms with Crippen molar-refractivity contribution >= 4 is 29.0 Å². The molecule has 0 spiro atoms. The lowest BCUT2D eigenvalue weighted by atomic mass is 9.98. The zero-order valence-corrected chi connectivity index (χ0v) is 20.1. The number of carbonyl (C=O) groups excluding carboxylic acids is 1. The minimum atomic E-state index is -0.314. The monoisotopic (exact) mass is 485 g/mol. The van der Waals surface area contributed by atoms with Crippen molar-refractivity contribution in [2.75, 3.05) is 18.8 Å². The average Bonchev–Trinajstić information content (AvgIpc) is 3.46. The Hall–Kier alpha value is -2.59. The lowest BCUT2D eigenvalue weighted by Gasteiger charge is -2.32. The Morgan fingerprint density at radius 3 is 2.88 bits per heavy atom. The van der Waals surface area contributed by atoms with Crippen molar-refractivity contribution in [1.29, 1.82) is 0 Å². The number of fused-ring (bicyclic) bond motifs is 1. The quantitative estimate of drug-likeness (QED) is 0.521. The summed E-state index contributed by atoms with van der Waals surface area (Å²) in [5, 5.41) is 10.6. The Balaban J connectivity index is 1.29. The summed E-state index contributed by atoms with van der Waals surface area (Å²) in [6.45, 7) is 4.89. The number of hydrogen-bond donors (Lipinski definition) is 0. The van der Waals surface area contributed by atoms with Crippen LogP contribution in [0.3, 0.4) is 0 Å². The van der Waals surface area contributed by atoms with Crippen LogP contribution in [0.15, 0.2) is 34.2 Å². The van der Waals surface area contributed by atoms with Crippen LogP contribution >= 0.6 is 23.1 Å². The smallest absolute Gasteiger partial charge is 0.257 e. The minimum absolute atomic E-state index is 0.0436. The van der Waals surface area contributed by atoms with Crippen molar-refractivity contribution in [2.45, 2.75) is 50.2 Å². The molecular formula is C23H24FN5O2S2. The van der Waals surface area contributed by atoms with Gasteiger partial charge in [-0.25, -0.2) is 9.37 Å². The highest BCUT2D eigenvalue weighted by atomic mass is 32.2. The molecule has 0 saturated carbocycles. The molecule has 1 fully saturated rings. The third-order valence-electron chi connectivity index (χ3n) is 6.40. The van der Waals surface area contributed by atoms with Crippen LogP contribution in [0.1, 0.15) is 47.5 Å². The minimum Gasteiger partial charge on any atom is -0.342 e. The van der Waals surface area contributed by atoms with E-state index < -0.39 is 0 Å². The molecule has 4 heterocycles. The Morgan fingerprint density at radius 1 is 1.24 bits per heavy atom. The number of amides is 1. The molecule has 2 aliphatic rings. The zero-order valence-electron chi connectivity index (χ0n) is 18.5. The molecule has 3 aromatic rings. The van der Waals surface area contributed by atoms with Crippen LogP contribution in [0.5, 0.6) is 0 Å². The van der Waals surface area contributed by atoms with E-state index in [2.05, 4.69) is 15.2 Å². The third kappa shape index (κ3) is 4.21. The maximum atomic E-state index is 14.1. The lowest BCUT2D eigenvalue weighted by molar-refractivity contribution is -0.133. The first-order chi connectivity index (χ1) is 15.9. The molecule has 10 heteroatoms. The molecule has 0 unspecified atom stereocenters. The summed E-state index contributed by atoms with van der Waals surface area (Å²) in [7, 11) is 0. The van der Waals surface area contributed by atoms with E-state index in [4.69, 9.17) is 0 Å². The molecule has 0 bridgehead atoms. The summed E-state index contributed by atoms with van der Waals surface area (Å²) in [4.78, 5) is 32.4. The number of rotatable bonds is 4. The van der Waals surface area contributed by atoms with E-state index in [0.717, 1.165) is 23.5 Å². The summed E-state index contributed by atoms with van der Waals surface area (Å²) in [6, 6.07) is 6.38. The van der Waals surface area contributed by atoms with Gasteiger partial charge in [-0.15, -0.1) is 10.2 Å². The highest BCUT2D eigenvalue weighted by molar-refractivity contribution is 7.99. The topological polar surface area (TPSA) is 81.0 Å². The maximum Gasteiger partial charge on any atom is 0.257 e. The number of hydrogen-bond acceptors (Lipinski definition) is 7. The molecule has 172 valence electrons. The summed E-state index contributed by atoms with van der Waals surface area (Å²) in [5.74, 6) is 0.490. The number of benzene rings is 1. The molecule has 0 aliphatic carbocycles. The van der Waals surface area contributed by atoms with E-state index in [-0.39, 0.29) is 35.7 Å². The summed E-state index contributed by atoms with van der Waals surface area (Å²) >= 11 is 2.93. The van der Waals surface area contributed by atoms with E-state index in [9.17, 15) is 14.0 Å². The number of nitrogens with zero attached hydrogens (tertiary/aromatic N) is 5. The molecule has 1 saturated heterocycles. The molecule has 5 rings (SSSR count). The van der Waals surface area contributed by atoms with Crippen molar-refractivity contribution in [1.82, 2.24) is 24.6 Å². The normalized spacial score (nSPS) is 20.2. The molecule has 33 heavy (non-hydrogen) atoms. The Morgan fingerprint density at radius 2 is 2.06 bits per heavy atom. The number of thioether (sulfide) groups is 1. The number of aryl methyl sites for hydroxylation is 1. The van der Waals surface area contributed by atoms with E-state index >= 15 is 0 Å². The van der Waals surface area contributed by atoms with Crippen molar-refractivity contribution in [2.24, 2.45) is 0 Å². The van der Waals surface area contributed by atoms with E-state index in [1.54, 1.807) is 29.7 Å². The fraction of sp³-hybridized carbons (Fsp3) is 0.435. The first-order valence-electron chi connectivity index (χ1n) is 11.0. The second kappa shape index (κ2) is 8.98. The molecule has 0 N–H and O–H groups in total. The summed E-state index contributed by atoms with van der Waals surface area (Å²) < 4.78 is 15.8. The number of halogens is 1. The van der Waals surface area contributed by atoms with Gasteiger partial charge in [-0.05, 0) is 38.8 Å². The van der Waals surface area contributed by atoms with Crippen LogP contribution in [0.2, 0.25) is 0 Å². The molecule has 1 aromatic carbocycles. The number of carbonyl (C=O) groups is 1. The second-order valence-corrected chi connectivity index (χ2v) is 10.5. The van der Waals surface area contributed by atoms with Gasteiger partial charge in [0.05, 0.1) is 6.04 Å². The van der Waals surface area contributed by atoms with Crippen molar-refractivity contribution in [3.05, 3.63) is 56.7 Å². The SMILES string of the molecule is Cc1nc2n(c(=O)c1C)[C@H](CC(=O)N1CCC[C@H](c3nnc(-c4ccccc4F)s3)C1)CS2. The largest absolute Gasteiger partial charge is 0.342 e. The van der Waals surface area contributed by atoms with Gasteiger partial charge in [0.15, 0.2) is 10.2 Å². The molecular weight excluding hydrogens is 461 g/mol. The van der Waals surface area contributed by atoms with Gasteiger partial charge in [0.2, 0.25) is 5.91 Å². The lowest BCUT2D eigenvalue weighted by Crippen LogP contribution is -2.40.